The van der Waals surface area contributed by atoms with Gasteiger partial charge in [0.2, 0.25) is 0 Å². The molecule has 1 N–H and O–H groups in total. The molecule has 1 aliphatic rings. The van der Waals surface area contributed by atoms with E-state index in [0.29, 0.717) is 12.0 Å². The number of hydrogen-bond acceptors (Lipinski definition) is 1. The lowest BCUT2D eigenvalue weighted by molar-refractivity contribution is 0.173. The third-order valence-corrected chi connectivity index (χ3v) is 5.11. The molecule has 0 aromatic heterocycles. The van der Waals surface area contributed by atoms with Crippen LogP contribution in [0.5, 0.6) is 0 Å². The van der Waals surface area contributed by atoms with E-state index in [9.17, 15) is 4.39 Å². The maximum absolute atomic E-state index is 13.2. The first-order valence-electron chi connectivity index (χ1n) is 7.62. The molecule has 0 saturated heterocycles. The lowest BCUT2D eigenvalue weighted by Gasteiger charge is -2.38. The Morgan fingerprint density at radius 2 is 2.10 bits per heavy atom. The third-order valence-electron chi connectivity index (χ3n) is 4.82. The van der Waals surface area contributed by atoms with Crippen molar-refractivity contribution >= 4 is 11.6 Å². The molecule has 0 aliphatic heterocycles. The summed E-state index contributed by atoms with van der Waals surface area (Å²) in [6.45, 7) is 4.63. The van der Waals surface area contributed by atoms with Crippen LogP contribution in [0.4, 0.5) is 4.39 Å². The van der Waals surface area contributed by atoms with Crippen LogP contribution in [0.15, 0.2) is 18.2 Å². The molecule has 3 unspecified atom stereocenters. The molecule has 3 atom stereocenters. The van der Waals surface area contributed by atoms with Crippen molar-refractivity contribution in [1.82, 2.24) is 5.32 Å². The Morgan fingerprint density at radius 3 is 2.70 bits per heavy atom. The fraction of sp³-hybridized carbons (Fsp3) is 0.647. The van der Waals surface area contributed by atoms with Gasteiger partial charge in [0.25, 0.3) is 0 Å². The van der Waals surface area contributed by atoms with E-state index >= 15 is 0 Å². The Kier molecular flexibility index (Phi) is 5.45. The summed E-state index contributed by atoms with van der Waals surface area (Å²) in [6.07, 6.45) is 4.77. The highest BCUT2D eigenvalue weighted by atomic mass is 35.5. The largest absolute Gasteiger partial charge is 0.317 e. The smallest absolute Gasteiger partial charge is 0.141 e. The quantitative estimate of drug-likeness (QED) is 0.851. The molecule has 1 aliphatic carbocycles. The molecule has 112 valence electrons. The van der Waals surface area contributed by atoms with Crippen molar-refractivity contribution in [3.8, 4) is 0 Å². The summed E-state index contributed by atoms with van der Waals surface area (Å²) in [5.74, 6) is 1.83. The van der Waals surface area contributed by atoms with Crippen molar-refractivity contribution in [3.63, 3.8) is 0 Å². The summed E-state index contributed by atoms with van der Waals surface area (Å²) in [7, 11) is 2.05. The molecule has 3 heteroatoms. The second kappa shape index (κ2) is 6.91. The minimum atomic E-state index is -0.329. The Morgan fingerprint density at radius 1 is 1.35 bits per heavy atom. The zero-order valence-corrected chi connectivity index (χ0v) is 13.4. The van der Waals surface area contributed by atoms with Crippen molar-refractivity contribution in [3.05, 3.63) is 34.6 Å². The van der Waals surface area contributed by atoms with Crippen LogP contribution in [0, 0.1) is 23.6 Å². The van der Waals surface area contributed by atoms with Gasteiger partial charge in [-0.05, 0) is 68.2 Å². The summed E-state index contributed by atoms with van der Waals surface area (Å²) in [5.41, 5.74) is 1.14. The van der Waals surface area contributed by atoms with E-state index in [0.717, 1.165) is 23.8 Å². The van der Waals surface area contributed by atoms with Gasteiger partial charge in [-0.2, -0.15) is 0 Å². The Labute approximate surface area is 126 Å². The topological polar surface area (TPSA) is 12.0 Å². The highest BCUT2D eigenvalue weighted by molar-refractivity contribution is 6.30. The number of nitrogens with one attached hydrogen (secondary N) is 1. The van der Waals surface area contributed by atoms with Gasteiger partial charge in [0.15, 0.2) is 0 Å². The zero-order valence-electron chi connectivity index (χ0n) is 12.6. The SMILES string of the molecule is CNC1CCC(C(C)C)CC1Cc1ccc(F)c(Cl)c1. The second-order valence-electron chi connectivity index (χ2n) is 6.42. The molecule has 0 heterocycles. The fourth-order valence-corrected chi connectivity index (χ4v) is 3.68. The fourth-order valence-electron chi connectivity index (χ4n) is 3.48. The highest BCUT2D eigenvalue weighted by Gasteiger charge is 2.30. The van der Waals surface area contributed by atoms with Crippen molar-refractivity contribution in [1.29, 1.82) is 0 Å². The lowest BCUT2D eigenvalue weighted by atomic mass is 9.72. The van der Waals surface area contributed by atoms with Crippen LogP contribution in [-0.4, -0.2) is 13.1 Å². The van der Waals surface area contributed by atoms with Crippen LogP contribution in [-0.2, 0) is 6.42 Å². The van der Waals surface area contributed by atoms with Gasteiger partial charge in [0.05, 0.1) is 5.02 Å². The van der Waals surface area contributed by atoms with Crippen molar-refractivity contribution in [2.24, 2.45) is 17.8 Å². The summed E-state index contributed by atoms with van der Waals surface area (Å²) in [5, 5.41) is 3.69. The van der Waals surface area contributed by atoms with Crippen LogP contribution in [0.25, 0.3) is 0 Å². The van der Waals surface area contributed by atoms with Gasteiger partial charge in [0.1, 0.15) is 5.82 Å². The number of benzene rings is 1. The van der Waals surface area contributed by atoms with E-state index in [2.05, 4.69) is 19.2 Å². The Balaban J connectivity index is 2.09. The molecule has 0 bridgehead atoms. The van der Waals surface area contributed by atoms with Gasteiger partial charge in [-0.25, -0.2) is 4.39 Å². The van der Waals surface area contributed by atoms with E-state index in [1.165, 1.54) is 25.3 Å². The average Bonchev–Trinajstić information content (AvgIpc) is 2.42. The molecule has 0 spiro atoms. The third kappa shape index (κ3) is 3.73. The summed E-state index contributed by atoms with van der Waals surface area (Å²) in [6, 6.07) is 5.69. The van der Waals surface area contributed by atoms with Crippen molar-refractivity contribution < 1.29 is 4.39 Å². The molecule has 20 heavy (non-hydrogen) atoms. The van der Waals surface area contributed by atoms with E-state index in [1.54, 1.807) is 6.07 Å². The van der Waals surface area contributed by atoms with E-state index < -0.39 is 0 Å². The van der Waals surface area contributed by atoms with Crippen LogP contribution in [0.3, 0.4) is 0 Å². The minimum absolute atomic E-state index is 0.236. The molecule has 0 radical (unpaired) electrons. The van der Waals surface area contributed by atoms with Gasteiger partial charge in [-0.15, -0.1) is 0 Å². The monoisotopic (exact) mass is 297 g/mol. The maximum atomic E-state index is 13.2. The van der Waals surface area contributed by atoms with Gasteiger partial charge < -0.3 is 5.32 Å². The van der Waals surface area contributed by atoms with E-state index in [-0.39, 0.29) is 10.8 Å². The normalized spacial score (nSPS) is 27.0. The molecule has 1 saturated carbocycles. The number of hydrogen-bond donors (Lipinski definition) is 1. The molecule has 1 aromatic rings. The molecule has 1 fully saturated rings. The van der Waals surface area contributed by atoms with Crippen molar-refractivity contribution in [2.75, 3.05) is 7.05 Å². The average molecular weight is 298 g/mol. The maximum Gasteiger partial charge on any atom is 0.141 e. The molecule has 1 aromatic carbocycles. The number of rotatable bonds is 4. The Hall–Kier alpha value is -0.600. The predicted molar refractivity (Wildman–Crippen MR) is 83.6 cm³/mol. The lowest BCUT2D eigenvalue weighted by Crippen LogP contribution is -2.40. The predicted octanol–water partition coefficient (Wildman–Crippen LogP) is 4.68. The van der Waals surface area contributed by atoms with Gasteiger partial charge >= 0.3 is 0 Å². The molecule has 2 rings (SSSR count). The van der Waals surface area contributed by atoms with Crippen LogP contribution in [0.2, 0.25) is 5.02 Å². The second-order valence-corrected chi connectivity index (χ2v) is 6.83. The van der Waals surface area contributed by atoms with Crippen LogP contribution >= 0.6 is 11.6 Å². The molecular formula is C17H25ClFN. The summed E-state index contributed by atoms with van der Waals surface area (Å²) >= 11 is 5.89. The van der Waals surface area contributed by atoms with Crippen LogP contribution in [0.1, 0.15) is 38.7 Å². The minimum Gasteiger partial charge on any atom is -0.317 e. The van der Waals surface area contributed by atoms with Gasteiger partial charge in [-0.1, -0.05) is 31.5 Å². The summed E-state index contributed by atoms with van der Waals surface area (Å²) < 4.78 is 13.2. The molecular weight excluding hydrogens is 273 g/mol. The summed E-state index contributed by atoms with van der Waals surface area (Å²) in [4.78, 5) is 0. The van der Waals surface area contributed by atoms with E-state index in [1.807, 2.05) is 13.1 Å². The Bertz CT molecular complexity index is 447. The standard InChI is InChI=1S/C17H25ClFN/c1-11(2)13-5-7-17(20-3)14(10-13)8-12-4-6-16(19)15(18)9-12/h4,6,9,11,13-14,17,20H,5,7-8,10H2,1-3H3. The van der Waals surface area contributed by atoms with Crippen LogP contribution < -0.4 is 5.32 Å². The molecule has 1 nitrogen and oxygen atoms in total. The first kappa shape index (κ1) is 15.8. The number of halogens is 2. The first-order chi connectivity index (χ1) is 9.51. The molecule has 0 amide bonds. The highest BCUT2D eigenvalue weighted by Crippen LogP contribution is 2.35. The van der Waals surface area contributed by atoms with Gasteiger partial charge in [0, 0.05) is 6.04 Å². The van der Waals surface area contributed by atoms with Crippen molar-refractivity contribution in [2.45, 2.75) is 45.6 Å². The first-order valence-corrected chi connectivity index (χ1v) is 8.00. The van der Waals surface area contributed by atoms with Gasteiger partial charge in [-0.3, -0.25) is 0 Å². The zero-order chi connectivity index (χ0) is 14.7. The van der Waals surface area contributed by atoms with E-state index in [4.69, 9.17) is 11.6 Å².